The smallest absolute Gasteiger partial charge is 0.103 e. The minimum absolute atomic E-state index is 0.0148. The minimum Gasteiger partial charge on any atom is -0.292 e. The van der Waals surface area contributed by atoms with E-state index in [9.17, 15) is 4.39 Å². The molecule has 2 atom stereocenters. The van der Waals surface area contributed by atoms with E-state index < -0.39 is 6.17 Å². The zero-order valence-corrected chi connectivity index (χ0v) is 15.1. The molecule has 1 aliphatic heterocycles. The zero-order chi connectivity index (χ0) is 16.6. The van der Waals surface area contributed by atoms with Crippen LogP contribution in [-0.4, -0.2) is 28.7 Å². The minimum atomic E-state index is -0.693. The van der Waals surface area contributed by atoms with E-state index in [1.165, 1.54) is 5.56 Å². The molecule has 1 aromatic carbocycles. The molecule has 2 heteroatoms. The Morgan fingerprint density at radius 2 is 1.68 bits per heavy atom. The van der Waals surface area contributed by atoms with Crippen LogP contribution in [0.3, 0.4) is 0 Å². The van der Waals surface area contributed by atoms with Gasteiger partial charge in [0.1, 0.15) is 6.17 Å². The Hall–Kier alpha value is -0.890. The summed E-state index contributed by atoms with van der Waals surface area (Å²) in [5.74, 6) is 0. The quantitative estimate of drug-likeness (QED) is 0.721. The van der Waals surface area contributed by atoms with E-state index in [0.29, 0.717) is 12.8 Å². The van der Waals surface area contributed by atoms with Crippen LogP contribution in [0.4, 0.5) is 4.39 Å². The molecule has 0 amide bonds. The molecule has 0 aliphatic carbocycles. The molecule has 124 valence electrons. The van der Waals surface area contributed by atoms with Gasteiger partial charge in [-0.15, -0.1) is 0 Å². The van der Waals surface area contributed by atoms with Crippen LogP contribution < -0.4 is 0 Å². The Balaban J connectivity index is 2.49. The number of piperidine rings is 1. The Bertz CT molecular complexity index is 483. The fourth-order valence-corrected chi connectivity index (χ4v) is 4.12. The second-order valence-corrected chi connectivity index (χ2v) is 8.86. The number of likely N-dealkylation sites (tertiary alicyclic amines) is 1. The summed E-state index contributed by atoms with van der Waals surface area (Å²) in [7, 11) is 0. The molecule has 0 N–H and O–H groups in total. The number of benzene rings is 1. The summed E-state index contributed by atoms with van der Waals surface area (Å²) >= 11 is 0. The number of hydrogen-bond acceptors (Lipinski definition) is 1. The van der Waals surface area contributed by atoms with Crippen molar-refractivity contribution in [3.63, 3.8) is 0 Å². The Labute approximate surface area is 135 Å². The highest BCUT2D eigenvalue weighted by molar-refractivity contribution is 5.21. The van der Waals surface area contributed by atoms with Gasteiger partial charge in [-0.1, -0.05) is 51.1 Å². The number of hydrogen-bond donors (Lipinski definition) is 0. The monoisotopic (exact) mass is 305 g/mol. The van der Waals surface area contributed by atoms with Gasteiger partial charge in [0.05, 0.1) is 0 Å². The Morgan fingerprint density at radius 3 is 2.18 bits per heavy atom. The summed E-state index contributed by atoms with van der Waals surface area (Å²) in [5, 5.41) is 0. The predicted octanol–water partition coefficient (Wildman–Crippen LogP) is 5.25. The highest BCUT2D eigenvalue weighted by atomic mass is 19.1. The molecule has 1 heterocycles. The molecule has 0 bridgehead atoms. The third-order valence-electron chi connectivity index (χ3n) is 5.29. The van der Waals surface area contributed by atoms with Crippen molar-refractivity contribution in [3.8, 4) is 0 Å². The van der Waals surface area contributed by atoms with E-state index in [0.717, 1.165) is 13.0 Å². The van der Waals surface area contributed by atoms with E-state index in [1.54, 1.807) is 0 Å². The third-order valence-corrected chi connectivity index (χ3v) is 5.29. The third kappa shape index (κ3) is 3.37. The first kappa shape index (κ1) is 17.5. The summed E-state index contributed by atoms with van der Waals surface area (Å²) in [4.78, 5) is 2.57. The molecule has 0 radical (unpaired) electrons. The number of nitrogens with zero attached hydrogens (tertiary/aromatic N) is 1. The summed E-state index contributed by atoms with van der Waals surface area (Å²) in [6.45, 7) is 14.4. The van der Waals surface area contributed by atoms with Crippen LogP contribution in [-0.2, 0) is 6.42 Å². The maximum atomic E-state index is 14.4. The SMILES string of the molecule is CC(C)(C)N1CCC(F)CC1(Cc1ccccc1)C(C)(C)C. The molecule has 1 saturated heterocycles. The van der Waals surface area contributed by atoms with Crippen LogP contribution in [0.25, 0.3) is 0 Å². The molecule has 1 aliphatic rings. The molecule has 1 nitrogen and oxygen atoms in total. The topological polar surface area (TPSA) is 3.24 Å². The molecule has 0 saturated carbocycles. The summed E-state index contributed by atoms with van der Waals surface area (Å²) in [5.41, 5.74) is 1.22. The van der Waals surface area contributed by atoms with Crippen LogP contribution >= 0.6 is 0 Å². The molecule has 1 aromatic rings. The fourth-order valence-electron chi connectivity index (χ4n) is 4.12. The first-order valence-corrected chi connectivity index (χ1v) is 8.52. The summed E-state index contributed by atoms with van der Waals surface area (Å²) in [6, 6.07) is 10.6. The lowest BCUT2D eigenvalue weighted by Gasteiger charge is -2.60. The lowest BCUT2D eigenvalue weighted by molar-refractivity contribution is -0.108. The first-order valence-electron chi connectivity index (χ1n) is 8.52. The van der Waals surface area contributed by atoms with Gasteiger partial charge < -0.3 is 0 Å². The standard InChI is InChI=1S/C20H32FN/c1-18(2,3)20(14-16-10-8-7-9-11-16)15-17(21)12-13-22(20)19(4,5)6/h7-11,17H,12-15H2,1-6H3. The van der Waals surface area contributed by atoms with E-state index in [2.05, 4.69) is 70.7 Å². The van der Waals surface area contributed by atoms with Gasteiger partial charge in [0.2, 0.25) is 0 Å². The van der Waals surface area contributed by atoms with Crippen molar-refractivity contribution in [1.29, 1.82) is 0 Å². The molecule has 22 heavy (non-hydrogen) atoms. The van der Waals surface area contributed by atoms with Gasteiger partial charge in [-0.3, -0.25) is 4.90 Å². The maximum Gasteiger partial charge on any atom is 0.103 e. The second kappa shape index (κ2) is 5.96. The summed E-state index contributed by atoms with van der Waals surface area (Å²) in [6.07, 6.45) is 1.50. The zero-order valence-electron chi connectivity index (χ0n) is 15.1. The molecule has 2 unspecified atom stereocenters. The maximum absolute atomic E-state index is 14.4. The highest BCUT2D eigenvalue weighted by Gasteiger charge is 2.53. The van der Waals surface area contributed by atoms with Gasteiger partial charge in [-0.25, -0.2) is 4.39 Å². The van der Waals surface area contributed by atoms with Crippen molar-refractivity contribution in [2.45, 2.75) is 78.1 Å². The van der Waals surface area contributed by atoms with Gasteiger partial charge in [0.25, 0.3) is 0 Å². The van der Waals surface area contributed by atoms with Gasteiger partial charge in [0.15, 0.2) is 0 Å². The second-order valence-electron chi connectivity index (χ2n) is 8.86. The lowest BCUT2D eigenvalue weighted by Crippen LogP contribution is -2.67. The molecule has 1 fully saturated rings. The van der Waals surface area contributed by atoms with Gasteiger partial charge >= 0.3 is 0 Å². The van der Waals surface area contributed by atoms with Gasteiger partial charge in [-0.05, 0) is 51.0 Å². The lowest BCUT2D eigenvalue weighted by atomic mass is 9.63. The number of rotatable bonds is 2. The highest BCUT2D eigenvalue weighted by Crippen LogP contribution is 2.48. The average Bonchev–Trinajstić information content (AvgIpc) is 2.37. The Kier molecular flexibility index (Phi) is 4.73. The van der Waals surface area contributed by atoms with Crippen LogP contribution in [0.15, 0.2) is 30.3 Å². The normalized spacial score (nSPS) is 27.9. The summed E-state index contributed by atoms with van der Waals surface area (Å²) < 4.78 is 14.4. The molecule has 2 rings (SSSR count). The van der Waals surface area contributed by atoms with Crippen molar-refractivity contribution >= 4 is 0 Å². The predicted molar refractivity (Wildman–Crippen MR) is 92.9 cm³/mol. The first-order chi connectivity index (χ1) is 10.1. The Morgan fingerprint density at radius 1 is 1.09 bits per heavy atom. The van der Waals surface area contributed by atoms with Gasteiger partial charge in [0, 0.05) is 17.6 Å². The van der Waals surface area contributed by atoms with Crippen molar-refractivity contribution in [2.75, 3.05) is 6.54 Å². The molecular formula is C20H32FN. The van der Waals surface area contributed by atoms with E-state index in [-0.39, 0.29) is 16.5 Å². The van der Waals surface area contributed by atoms with Crippen molar-refractivity contribution in [1.82, 2.24) is 4.90 Å². The number of halogens is 1. The van der Waals surface area contributed by atoms with Crippen LogP contribution in [0.5, 0.6) is 0 Å². The fraction of sp³-hybridized carbons (Fsp3) is 0.700. The van der Waals surface area contributed by atoms with Crippen molar-refractivity contribution in [2.24, 2.45) is 5.41 Å². The van der Waals surface area contributed by atoms with Crippen molar-refractivity contribution in [3.05, 3.63) is 35.9 Å². The van der Waals surface area contributed by atoms with Crippen LogP contribution in [0, 0.1) is 5.41 Å². The molecule has 0 aromatic heterocycles. The number of alkyl halides is 1. The largest absolute Gasteiger partial charge is 0.292 e. The van der Waals surface area contributed by atoms with Crippen LogP contribution in [0.2, 0.25) is 0 Å². The van der Waals surface area contributed by atoms with E-state index in [1.807, 2.05) is 6.07 Å². The van der Waals surface area contributed by atoms with E-state index in [4.69, 9.17) is 0 Å². The van der Waals surface area contributed by atoms with Gasteiger partial charge in [-0.2, -0.15) is 0 Å². The average molecular weight is 305 g/mol. The molecular weight excluding hydrogens is 273 g/mol. The van der Waals surface area contributed by atoms with E-state index >= 15 is 0 Å². The van der Waals surface area contributed by atoms with Crippen molar-refractivity contribution < 1.29 is 4.39 Å². The molecule has 0 spiro atoms. The van der Waals surface area contributed by atoms with Crippen LogP contribution in [0.1, 0.15) is 59.9 Å².